The summed E-state index contributed by atoms with van der Waals surface area (Å²) in [6.07, 6.45) is 2.15. The van der Waals surface area contributed by atoms with Crippen LogP contribution >= 0.6 is 0 Å². The van der Waals surface area contributed by atoms with E-state index in [0.717, 1.165) is 12.8 Å². The van der Waals surface area contributed by atoms with Crippen LogP contribution in [0.2, 0.25) is 0 Å². The van der Waals surface area contributed by atoms with Gasteiger partial charge >= 0.3 is 5.97 Å². The van der Waals surface area contributed by atoms with Gasteiger partial charge in [0.15, 0.2) is 0 Å². The second kappa shape index (κ2) is 1.78. The third kappa shape index (κ3) is 0.948. The second-order valence-corrected chi connectivity index (χ2v) is 4.16. The van der Waals surface area contributed by atoms with Gasteiger partial charge in [0.2, 0.25) is 0 Å². The summed E-state index contributed by atoms with van der Waals surface area (Å²) in [6, 6.07) is 0. The van der Waals surface area contributed by atoms with E-state index in [9.17, 15) is 4.79 Å². The highest BCUT2D eigenvalue weighted by molar-refractivity contribution is 5.68. The summed E-state index contributed by atoms with van der Waals surface area (Å²) in [5.41, 5.74) is 0.0238. The maximum absolute atomic E-state index is 10.4. The highest BCUT2D eigenvalue weighted by atomic mass is 16.5. The zero-order valence-corrected chi connectivity index (χ0v) is 6.59. The van der Waals surface area contributed by atoms with Crippen molar-refractivity contribution in [2.75, 3.05) is 6.61 Å². The molecule has 0 atom stereocenters. The minimum absolute atomic E-state index is 0.000579. The zero-order chi connectivity index (χ0) is 8.11. The first-order chi connectivity index (χ1) is 5.04. The summed E-state index contributed by atoms with van der Waals surface area (Å²) in [5, 5.41) is 8.59. The SMILES string of the molecule is CC12CC(CC(=O)O)(CO1)C2. The number of fused-ring (bicyclic) bond motifs is 1. The zero-order valence-electron chi connectivity index (χ0n) is 6.59. The average Bonchev–Trinajstić information content (AvgIpc) is 2.17. The quantitative estimate of drug-likeness (QED) is 0.649. The van der Waals surface area contributed by atoms with Crippen LogP contribution in [0.1, 0.15) is 26.2 Å². The van der Waals surface area contributed by atoms with Gasteiger partial charge in [0, 0.05) is 5.41 Å². The van der Waals surface area contributed by atoms with E-state index in [-0.39, 0.29) is 17.4 Å². The Balaban J connectivity index is 2.02. The third-order valence-electron chi connectivity index (χ3n) is 2.75. The molecule has 3 fully saturated rings. The lowest BCUT2D eigenvalue weighted by Gasteiger charge is -2.41. The van der Waals surface area contributed by atoms with Crippen LogP contribution in [-0.2, 0) is 9.53 Å². The molecule has 0 aromatic rings. The summed E-state index contributed by atoms with van der Waals surface area (Å²) in [4.78, 5) is 10.4. The number of rotatable bonds is 2. The number of hydrogen-bond donors (Lipinski definition) is 1. The fourth-order valence-corrected chi connectivity index (χ4v) is 2.56. The minimum atomic E-state index is -0.697. The van der Waals surface area contributed by atoms with E-state index >= 15 is 0 Å². The van der Waals surface area contributed by atoms with Crippen molar-refractivity contribution in [2.45, 2.75) is 31.8 Å². The van der Waals surface area contributed by atoms with E-state index in [1.807, 2.05) is 0 Å². The summed E-state index contributed by atoms with van der Waals surface area (Å²) in [7, 11) is 0. The molecular formula is C8H12O3. The van der Waals surface area contributed by atoms with Gasteiger partial charge in [-0.25, -0.2) is 0 Å². The van der Waals surface area contributed by atoms with Gasteiger partial charge in [0.05, 0.1) is 18.6 Å². The first-order valence-electron chi connectivity index (χ1n) is 3.90. The number of carbonyl (C=O) groups is 1. The van der Waals surface area contributed by atoms with Crippen LogP contribution in [0.4, 0.5) is 0 Å². The number of ether oxygens (including phenoxy) is 1. The molecule has 0 spiro atoms. The van der Waals surface area contributed by atoms with Gasteiger partial charge < -0.3 is 9.84 Å². The fraction of sp³-hybridized carbons (Fsp3) is 0.875. The maximum atomic E-state index is 10.4. The Kier molecular flexibility index (Phi) is 1.15. The van der Waals surface area contributed by atoms with Crippen LogP contribution < -0.4 is 0 Å². The Hall–Kier alpha value is -0.570. The number of aliphatic carboxylic acids is 1. The summed E-state index contributed by atoms with van der Waals surface area (Å²) < 4.78 is 5.46. The highest BCUT2D eigenvalue weighted by Gasteiger charge is 2.60. The van der Waals surface area contributed by atoms with E-state index < -0.39 is 5.97 Å². The summed E-state index contributed by atoms with van der Waals surface area (Å²) in [6.45, 7) is 2.70. The topological polar surface area (TPSA) is 46.5 Å². The number of hydrogen-bond acceptors (Lipinski definition) is 2. The van der Waals surface area contributed by atoms with E-state index in [1.165, 1.54) is 0 Å². The van der Waals surface area contributed by atoms with E-state index in [1.54, 1.807) is 0 Å². The predicted octanol–water partition coefficient (Wildman–Crippen LogP) is 1.03. The van der Waals surface area contributed by atoms with Gasteiger partial charge in [-0.3, -0.25) is 4.79 Å². The predicted molar refractivity (Wildman–Crippen MR) is 38.3 cm³/mol. The molecule has 11 heavy (non-hydrogen) atoms. The Morgan fingerprint density at radius 1 is 1.64 bits per heavy atom. The monoisotopic (exact) mass is 156 g/mol. The first kappa shape index (κ1) is 7.10. The maximum Gasteiger partial charge on any atom is 0.303 e. The van der Waals surface area contributed by atoms with Crippen molar-refractivity contribution >= 4 is 5.97 Å². The Labute approximate surface area is 65.4 Å². The van der Waals surface area contributed by atoms with Crippen molar-refractivity contribution < 1.29 is 14.6 Å². The van der Waals surface area contributed by atoms with Crippen LogP contribution in [0, 0.1) is 5.41 Å². The second-order valence-electron chi connectivity index (χ2n) is 4.16. The van der Waals surface area contributed by atoms with Crippen LogP contribution in [0.3, 0.4) is 0 Å². The van der Waals surface area contributed by atoms with Crippen molar-refractivity contribution in [1.29, 1.82) is 0 Å². The van der Waals surface area contributed by atoms with Crippen LogP contribution in [0.25, 0.3) is 0 Å². The van der Waals surface area contributed by atoms with Gasteiger partial charge in [-0.15, -0.1) is 0 Å². The molecular weight excluding hydrogens is 144 g/mol. The molecule has 2 aliphatic heterocycles. The molecule has 1 saturated carbocycles. The molecule has 0 radical (unpaired) electrons. The Morgan fingerprint density at radius 3 is 2.64 bits per heavy atom. The molecule has 3 heteroatoms. The van der Waals surface area contributed by atoms with Gasteiger partial charge in [-0.1, -0.05) is 0 Å². The molecule has 3 aliphatic rings. The molecule has 3 nitrogen and oxygen atoms in total. The standard InChI is InChI=1S/C8H12O3/c1-7-3-8(4-7,5-11-7)2-6(9)10/h2-5H2,1H3,(H,9,10). The Morgan fingerprint density at radius 2 is 2.27 bits per heavy atom. The van der Waals surface area contributed by atoms with Crippen LogP contribution in [0.5, 0.6) is 0 Å². The lowest BCUT2D eigenvalue weighted by Crippen LogP contribution is -2.42. The first-order valence-corrected chi connectivity index (χ1v) is 3.90. The smallest absolute Gasteiger partial charge is 0.303 e. The third-order valence-corrected chi connectivity index (χ3v) is 2.75. The van der Waals surface area contributed by atoms with Crippen molar-refractivity contribution in [1.82, 2.24) is 0 Å². The summed E-state index contributed by atoms with van der Waals surface area (Å²) in [5.74, 6) is -0.697. The van der Waals surface area contributed by atoms with Gasteiger partial charge in [0.25, 0.3) is 0 Å². The van der Waals surface area contributed by atoms with Crippen molar-refractivity contribution in [3.8, 4) is 0 Å². The normalized spacial score (nSPS) is 47.0. The number of carboxylic acids is 1. The molecule has 2 saturated heterocycles. The molecule has 0 aromatic heterocycles. The molecule has 0 unspecified atom stereocenters. The summed E-state index contributed by atoms with van der Waals surface area (Å²) >= 11 is 0. The van der Waals surface area contributed by atoms with Crippen LogP contribution in [-0.4, -0.2) is 23.3 Å². The van der Waals surface area contributed by atoms with Gasteiger partial charge in [-0.2, -0.15) is 0 Å². The fourth-order valence-electron chi connectivity index (χ4n) is 2.56. The van der Waals surface area contributed by atoms with Gasteiger partial charge in [-0.05, 0) is 19.8 Å². The molecule has 62 valence electrons. The highest BCUT2D eigenvalue weighted by Crippen LogP contribution is 2.59. The number of carboxylic acid groups (broad SMARTS) is 1. The van der Waals surface area contributed by atoms with Gasteiger partial charge in [0.1, 0.15) is 0 Å². The average molecular weight is 156 g/mol. The van der Waals surface area contributed by atoms with E-state index in [0.29, 0.717) is 6.61 Å². The van der Waals surface area contributed by atoms with E-state index in [4.69, 9.17) is 9.84 Å². The molecule has 1 aliphatic carbocycles. The molecule has 0 aromatic carbocycles. The lowest BCUT2D eigenvalue weighted by molar-refractivity contribution is -0.141. The van der Waals surface area contributed by atoms with Crippen molar-refractivity contribution in [3.63, 3.8) is 0 Å². The Bertz CT molecular complexity index is 203. The largest absolute Gasteiger partial charge is 0.481 e. The van der Waals surface area contributed by atoms with Crippen LogP contribution in [0.15, 0.2) is 0 Å². The molecule has 2 heterocycles. The lowest BCUT2D eigenvalue weighted by atomic mass is 9.62. The molecule has 1 N–H and O–H groups in total. The molecule has 3 rings (SSSR count). The molecule has 2 bridgehead atoms. The molecule has 0 amide bonds. The van der Waals surface area contributed by atoms with Crippen molar-refractivity contribution in [2.24, 2.45) is 5.41 Å². The minimum Gasteiger partial charge on any atom is -0.481 e. The van der Waals surface area contributed by atoms with Crippen molar-refractivity contribution in [3.05, 3.63) is 0 Å². The van der Waals surface area contributed by atoms with E-state index in [2.05, 4.69) is 6.92 Å².